The summed E-state index contributed by atoms with van der Waals surface area (Å²) in [7, 11) is 11.7. The minimum atomic E-state index is -1.47. The van der Waals surface area contributed by atoms with E-state index in [4.69, 9.17) is 47.4 Å². The summed E-state index contributed by atoms with van der Waals surface area (Å²) in [5.41, 5.74) is 4.05. The number of carbonyl (C=O) groups excluding carboxylic acids is 10. The zero-order valence-corrected chi connectivity index (χ0v) is 69.7. The molecule has 0 radical (unpaired) electrons. The fourth-order valence-corrected chi connectivity index (χ4v) is 14.1. The minimum Gasteiger partial charge on any atom is -0.508 e. The summed E-state index contributed by atoms with van der Waals surface area (Å²) in [4.78, 5) is 122. The van der Waals surface area contributed by atoms with E-state index in [2.05, 4.69) is 26.6 Å². The summed E-state index contributed by atoms with van der Waals surface area (Å²) in [6.07, 6.45) is 0. The zero-order chi connectivity index (χ0) is 92.7. The first-order valence-corrected chi connectivity index (χ1v) is 36.1. The topological polar surface area (TPSA) is 424 Å². The van der Waals surface area contributed by atoms with Crippen LogP contribution in [0.4, 0.5) is 35.1 Å². The second-order valence-corrected chi connectivity index (χ2v) is 27.0. The number of aromatic hydroxyl groups is 5. The van der Waals surface area contributed by atoms with Gasteiger partial charge in [-0.3, -0.25) is 0 Å². The van der Waals surface area contributed by atoms with E-state index in [-0.39, 0.29) is 83.7 Å². The molecule has 0 atom stereocenters. The Bertz CT molecular complexity index is 5230. The molecule has 0 bridgehead atoms. The van der Waals surface area contributed by atoms with Crippen LogP contribution in [0.5, 0.6) is 28.7 Å². The van der Waals surface area contributed by atoms with E-state index >= 15 is 0 Å². The molecule has 0 fully saturated rings. The monoisotopic (exact) mass is 1730 g/mol. The molecule has 0 saturated carbocycles. The first-order valence-electron chi connectivity index (χ1n) is 36.1. The molecule has 5 aromatic rings. The van der Waals surface area contributed by atoms with Crippen LogP contribution in [0.15, 0.2) is 185 Å². The third-order valence-corrected chi connectivity index (χ3v) is 19.6. The number of methoxy groups -OCH3 is 10. The number of phenols is 5. The lowest BCUT2D eigenvalue weighted by Crippen LogP contribution is -2.32. The van der Waals surface area contributed by atoms with E-state index < -0.39 is 159 Å². The van der Waals surface area contributed by atoms with Gasteiger partial charge in [-0.25, -0.2) is 78.7 Å². The van der Waals surface area contributed by atoms with E-state index in [1.54, 1.807) is 69.2 Å². The van der Waals surface area contributed by atoms with Crippen LogP contribution in [0.25, 0.3) is 0 Å². The van der Waals surface area contributed by atoms with E-state index in [9.17, 15) is 109 Å². The van der Waals surface area contributed by atoms with Gasteiger partial charge < -0.3 is 99.5 Å². The zero-order valence-electron chi connectivity index (χ0n) is 69.7. The molecule has 0 unspecified atom stereocenters. The molecule has 5 heterocycles. The SMILES string of the molecule is COC(=O)C1=C(C)NC(C)=C(C(=O)OC)C1c1cc(F)c(O)c(F)c1.COC(=O)C1=C(C)NC(C)=C(C(=O)OC)C1c1cc(F)c(O)cc1F.COC(=O)C1=C(C)NC(C)=C(C(=O)OC)C1c1ccc(O)c(F)c1.COC(=O)C1=C(C)NC(C)=C(C(=O)OC)C1c1ccc(O)c(F)c1F.COC(=O)C1=C(C)NC(C)=C(C(=O)OC)C1c1ccc(O)cc1F. The van der Waals surface area contributed by atoms with Gasteiger partial charge >= 0.3 is 59.7 Å². The number of dihydropyridines is 5. The second-order valence-electron chi connectivity index (χ2n) is 27.0. The van der Waals surface area contributed by atoms with Crippen molar-refractivity contribution in [3.05, 3.63) is 260 Å². The number of esters is 10. The number of hydrogen-bond donors (Lipinski definition) is 10. The standard InChI is InChI=1S/3C17H17F2NO5.2C17H18FNO5/c1-7-13(16(22)24-3)15(14(8(2)20-7)17(23)25-4)9-5-11(19)12(21)6-10(9)18;1-7-12(16(22)24-3)14(13(8(2)20-7)17(23)25-4)9-5-10(18)15(21)11(19)6-9;1-7-11(16(22)24-3)13(12(8(2)20-7)17(23)25-4)9-5-6-10(21)15(19)14(9)18;1-8-13(16(21)23-3)15(10-5-6-12(20)11(18)7-10)14(9(2)19-8)17(22)24-4;1-8-13(16(21)23-3)15(11-6-5-10(20)7-12(11)18)14(9(2)19-8)17(22)24-4/h5-6,15,20-21H,1-4H3;5-6,14,20-21H,1-4H3;5-6,13,20-21H,1-4H3;2*5-7,15,19-20H,1-4H3. The van der Waals surface area contributed by atoms with Gasteiger partial charge in [0.1, 0.15) is 17.4 Å². The van der Waals surface area contributed by atoms with Gasteiger partial charge in [0, 0.05) is 85.8 Å². The first-order chi connectivity index (χ1) is 57.8. The molecule has 0 aliphatic carbocycles. The van der Waals surface area contributed by atoms with Crippen molar-refractivity contribution in [2.45, 2.75) is 98.8 Å². The average Bonchev–Trinajstić information content (AvgIpc) is 1.45. The van der Waals surface area contributed by atoms with Crippen LogP contribution >= 0.6 is 0 Å². The number of rotatable bonds is 15. The van der Waals surface area contributed by atoms with Gasteiger partial charge in [-0.2, -0.15) is 4.39 Å². The highest BCUT2D eigenvalue weighted by atomic mass is 19.2. The lowest BCUT2D eigenvalue weighted by molar-refractivity contribution is -0.139. The van der Waals surface area contributed by atoms with E-state index in [1.165, 1.54) is 52.7 Å². The van der Waals surface area contributed by atoms with Crippen molar-refractivity contribution in [2.24, 2.45) is 0 Å². The van der Waals surface area contributed by atoms with Crippen LogP contribution < -0.4 is 26.6 Å². The Morgan fingerprint density at radius 3 is 0.780 bits per heavy atom. The maximum absolute atomic E-state index is 14.5. The number of hydrogen-bond acceptors (Lipinski definition) is 30. The molecule has 10 rings (SSSR count). The van der Waals surface area contributed by atoms with E-state index in [0.29, 0.717) is 68.6 Å². The Morgan fingerprint density at radius 1 is 0.244 bits per heavy atom. The second kappa shape index (κ2) is 41.6. The van der Waals surface area contributed by atoms with E-state index in [0.717, 1.165) is 85.1 Å². The predicted octanol–water partition coefficient (Wildman–Crippen LogP) is 11.0. The number of allylic oxidation sites excluding steroid dienone is 10. The number of nitrogens with one attached hydrogen (secondary N) is 5. The van der Waals surface area contributed by atoms with Gasteiger partial charge in [0.2, 0.25) is 5.82 Å². The molecule has 658 valence electrons. The Labute approximate surface area is 698 Å². The first kappa shape index (κ1) is 97.5. The van der Waals surface area contributed by atoms with Crippen LogP contribution in [-0.2, 0) is 95.3 Å². The predicted molar refractivity (Wildman–Crippen MR) is 417 cm³/mol. The van der Waals surface area contributed by atoms with Gasteiger partial charge in [0.25, 0.3) is 0 Å². The summed E-state index contributed by atoms with van der Waals surface area (Å²) in [6, 6.07) is 12.3. The molecular formula is C85H87F8N5O25. The highest BCUT2D eigenvalue weighted by Gasteiger charge is 2.45. The average molecular weight is 1730 g/mol. The third-order valence-electron chi connectivity index (χ3n) is 19.6. The Morgan fingerprint density at radius 2 is 0.488 bits per heavy atom. The van der Waals surface area contributed by atoms with Crippen LogP contribution in [0, 0.1) is 46.5 Å². The van der Waals surface area contributed by atoms with Gasteiger partial charge in [-0.05, 0) is 123 Å². The highest BCUT2D eigenvalue weighted by molar-refractivity contribution is 6.04. The van der Waals surface area contributed by atoms with Crippen LogP contribution in [0.3, 0.4) is 0 Å². The molecule has 5 aromatic carbocycles. The highest BCUT2D eigenvalue weighted by Crippen LogP contribution is 2.47. The summed E-state index contributed by atoms with van der Waals surface area (Å²) >= 11 is 0. The summed E-state index contributed by atoms with van der Waals surface area (Å²) in [6.45, 7) is 15.9. The molecule has 30 nitrogen and oxygen atoms in total. The molecule has 10 N–H and O–H groups in total. The fraction of sp³-hybridized carbons (Fsp3) is 0.294. The Balaban J connectivity index is 0.000000238. The van der Waals surface area contributed by atoms with Crippen molar-refractivity contribution >= 4 is 59.7 Å². The Kier molecular flexibility index (Phi) is 32.9. The summed E-state index contributed by atoms with van der Waals surface area (Å²) in [5, 5.41) is 61.2. The van der Waals surface area contributed by atoms with Crippen molar-refractivity contribution in [1.29, 1.82) is 0 Å². The number of carbonyl (C=O) groups is 10. The molecular weight excluding hydrogens is 1640 g/mol. The summed E-state index contributed by atoms with van der Waals surface area (Å²) < 4.78 is 160. The molecule has 38 heteroatoms. The van der Waals surface area contributed by atoms with Crippen molar-refractivity contribution in [3.63, 3.8) is 0 Å². The lowest BCUT2D eigenvalue weighted by Gasteiger charge is -2.30. The van der Waals surface area contributed by atoms with Gasteiger partial charge in [-0.1, -0.05) is 18.2 Å². The van der Waals surface area contributed by atoms with Gasteiger partial charge in [0.05, 0.1) is 156 Å². The molecule has 123 heavy (non-hydrogen) atoms. The number of halogens is 8. The van der Waals surface area contributed by atoms with Crippen molar-refractivity contribution in [1.82, 2.24) is 26.6 Å². The number of benzene rings is 5. The maximum Gasteiger partial charge on any atom is 0.336 e. The quantitative estimate of drug-likeness (QED) is 0.0264. The normalized spacial score (nSPS) is 15.2. The van der Waals surface area contributed by atoms with Crippen LogP contribution in [0.2, 0.25) is 0 Å². The minimum absolute atomic E-state index is 0.0120. The van der Waals surface area contributed by atoms with Crippen molar-refractivity contribution in [3.8, 4) is 28.7 Å². The third kappa shape index (κ3) is 20.7. The van der Waals surface area contributed by atoms with Gasteiger partial charge in [-0.15, -0.1) is 0 Å². The van der Waals surface area contributed by atoms with Crippen molar-refractivity contribution < 1.29 is 156 Å². The lowest BCUT2D eigenvalue weighted by atomic mass is 9.80. The van der Waals surface area contributed by atoms with Crippen LogP contribution in [0.1, 0.15) is 127 Å². The smallest absolute Gasteiger partial charge is 0.336 e. The van der Waals surface area contributed by atoms with E-state index in [1.807, 2.05) is 0 Å². The molecule has 0 spiro atoms. The molecule has 0 saturated heterocycles. The molecule has 5 aliphatic heterocycles. The Hall–Kier alpha value is -14.4. The number of ether oxygens (including phenoxy) is 10. The molecule has 0 amide bonds. The fourth-order valence-electron chi connectivity index (χ4n) is 14.1. The number of phenolic OH excluding ortho intramolecular Hbond substituents is 5. The van der Waals surface area contributed by atoms with Crippen molar-refractivity contribution in [2.75, 3.05) is 71.1 Å². The van der Waals surface area contributed by atoms with Gasteiger partial charge in [0.15, 0.2) is 52.1 Å². The molecule has 5 aliphatic rings. The van der Waals surface area contributed by atoms with Crippen LogP contribution in [-0.4, -0.2) is 156 Å². The maximum atomic E-state index is 14.5. The molecule has 0 aromatic heterocycles. The largest absolute Gasteiger partial charge is 0.508 e. The summed E-state index contributed by atoms with van der Waals surface area (Å²) in [5.74, 6) is -25.5.